The molecule has 0 amide bonds. The number of hydrogen-bond donors (Lipinski definition) is 0. The van der Waals surface area contributed by atoms with Crippen molar-refractivity contribution in [2.75, 3.05) is 0 Å². The van der Waals surface area contributed by atoms with E-state index in [4.69, 9.17) is 4.42 Å². The number of hydrogen-bond acceptors (Lipinski definition) is 1. The van der Waals surface area contributed by atoms with Crippen molar-refractivity contribution in [2.45, 2.75) is 5.41 Å². The second kappa shape index (κ2) is 10.9. The molecule has 0 saturated heterocycles. The lowest BCUT2D eigenvalue weighted by atomic mass is 9.70. The van der Waals surface area contributed by atoms with Gasteiger partial charge in [-0.15, -0.1) is 0 Å². The zero-order chi connectivity index (χ0) is 36.5. The third-order valence-electron chi connectivity index (χ3n) is 12.8. The van der Waals surface area contributed by atoms with Crippen LogP contribution in [0.4, 0.5) is 0 Å². The lowest BCUT2D eigenvalue weighted by molar-refractivity contribution is 0.669. The third kappa shape index (κ3) is 3.89. The van der Waals surface area contributed by atoms with E-state index in [-0.39, 0.29) is 0 Å². The zero-order valence-corrected chi connectivity index (χ0v) is 30.4. The third-order valence-corrected chi connectivity index (χ3v) is 12.8. The summed E-state index contributed by atoms with van der Waals surface area (Å²) in [6, 6.07) is 72.3. The molecule has 11 aromatic rings. The van der Waals surface area contributed by atoms with Gasteiger partial charge in [0.05, 0.1) is 5.41 Å². The monoisotopic (exact) mass is 708 g/mol. The van der Waals surface area contributed by atoms with Gasteiger partial charge >= 0.3 is 0 Å². The molecule has 10 aromatic carbocycles. The minimum Gasteiger partial charge on any atom is -0.456 e. The van der Waals surface area contributed by atoms with Crippen LogP contribution in [-0.2, 0) is 5.41 Å². The summed E-state index contributed by atoms with van der Waals surface area (Å²) in [5, 5.41) is 9.76. The van der Waals surface area contributed by atoms with Crippen LogP contribution in [0.15, 0.2) is 199 Å². The van der Waals surface area contributed by atoms with Crippen molar-refractivity contribution in [3.8, 4) is 44.5 Å². The summed E-state index contributed by atoms with van der Waals surface area (Å²) >= 11 is 0. The Balaban J connectivity index is 1.11. The van der Waals surface area contributed by atoms with E-state index in [0.29, 0.717) is 0 Å². The van der Waals surface area contributed by atoms with Gasteiger partial charge in [-0.05, 0) is 142 Å². The normalized spacial score (nSPS) is 13.5. The highest BCUT2D eigenvalue weighted by atomic mass is 16.3. The smallest absolute Gasteiger partial charge is 0.136 e. The minimum atomic E-state index is -0.485. The van der Waals surface area contributed by atoms with E-state index in [0.717, 1.165) is 21.9 Å². The second-order valence-corrected chi connectivity index (χ2v) is 15.6. The number of fused-ring (bicyclic) bond motifs is 16. The van der Waals surface area contributed by atoms with Crippen molar-refractivity contribution in [1.82, 2.24) is 0 Å². The predicted molar refractivity (Wildman–Crippen MR) is 233 cm³/mol. The largest absolute Gasteiger partial charge is 0.456 e. The number of benzene rings is 10. The fourth-order valence-corrected chi connectivity index (χ4v) is 10.4. The summed E-state index contributed by atoms with van der Waals surface area (Å²) in [5.74, 6) is 0. The Morgan fingerprint density at radius 3 is 1.66 bits per heavy atom. The van der Waals surface area contributed by atoms with Crippen molar-refractivity contribution < 1.29 is 4.42 Å². The molecule has 0 N–H and O–H groups in total. The van der Waals surface area contributed by atoms with Gasteiger partial charge in [-0.2, -0.15) is 0 Å². The van der Waals surface area contributed by atoms with Crippen LogP contribution in [0.5, 0.6) is 0 Å². The van der Waals surface area contributed by atoms with E-state index in [9.17, 15) is 0 Å². The molecule has 1 nitrogen and oxygen atoms in total. The van der Waals surface area contributed by atoms with Gasteiger partial charge in [0, 0.05) is 10.8 Å². The van der Waals surface area contributed by atoms with Crippen molar-refractivity contribution in [1.29, 1.82) is 0 Å². The van der Waals surface area contributed by atoms with Crippen LogP contribution in [0.1, 0.15) is 22.3 Å². The van der Waals surface area contributed by atoms with Gasteiger partial charge in [-0.3, -0.25) is 0 Å². The molecule has 1 heteroatoms. The lowest BCUT2D eigenvalue weighted by Crippen LogP contribution is -2.26. The maximum atomic E-state index is 6.57. The van der Waals surface area contributed by atoms with E-state index in [1.165, 1.54) is 99.1 Å². The van der Waals surface area contributed by atoms with Crippen LogP contribution in [0.25, 0.3) is 98.8 Å². The fourth-order valence-electron chi connectivity index (χ4n) is 10.4. The van der Waals surface area contributed by atoms with E-state index in [1.54, 1.807) is 0 Å². The van der Waals surface area contributed by atoms with Crippen LogP contribution >= 0.6 is 0 Å². The van der Waals surface area contributed by atoms with Crippen LogP contribution in [-0.4, -0.2) is 0 Å². The van der Waals surface area contributed by atoms with E-state index in [2.05, 4.69) is 194 Å². The molecule has 258 valence electrons. The molecule has 1 spiro atoms. The molecule has 0 bridgehead atoms. The predicted octanol–water partition coefficient (Wildman–Crippen LogP) is 14.7. The Morgan fingerprint density at radius 2 is 0.857 bits per heavy atom. The van der Waals surface area contributed by atoms with Crippen molar-refractivity contribution in [2.24, 2.45) is 0 Å². The van der Waals surface area contributed by atoms with Gasteiger partial charge in [0.15, 0.2) is 0 Å². The van der Waals surface area contributed by atoms with Crippen LogP contribution in [0.2, 0.25) is 0 Å². The van der Waals surface area contributed by atoms with E-state index in [1.807, 2.05) is 0 Å². The van der Waals surface area contributed by atoms with Crippen molar-refractivity contribution >= 4 is 54.3 Å². The van der Waals surface area contributed by atoms with Crippen molar-refractivity contribution in [3.63, 3.8) is 0 Å². The molecule has 0 fully saturated rings. The summed E-state index contributed by atoms with van der Waals surface area (Å²) < 4.78 is 6.57. The lowest BCUT2D eigenvalue weighted by Gasteiger charge is -2.31. The first-order valence-electron chi connectivity index (χ1n) is 19.5. The molecule has 0 atom stereocenters. The second-order valence-electron chi connectivity index (χ2n) is 15.6. The van der Waals surface area contributed by atoms with E-state index >= 15 is 0 Å². The molecule has 0 aliphatic heterocycles. The first-order valence-corrected chi connectivity index (χ1v) is 19.5. The summed E-state index contributed by atoms with van der Waals surface area (Å²) in [7, 11) is 0. The van der Waals surface area contributed by atoms with Crippen LogP contribution in [0, 0.1) is 0 Å². The summed E-state index contributed by atoms with van der Waals surface area (Å²) in [4.78, 5) is 0. The van der Waals surface area contributed by atoms with Gasteiger partial charge in [0.2, 0.25) is 0 Å². The SMILES string of the molecule is c1ccc2c(c1)-c1ccccc1C21c2cc(-c3cccc4oc5cc6ccccc6cc5c34)ccc2-c2cc3cccc(-c4ccc5ccccc5c4)c3cc21. The Bertz CT molecular complexity index is 3440. The molecule has 2 aliphatic carbocycles. The summed E-state index contributed by atoms with van der Waals surface area (Å²) in [6.45, 7) is 0. The number of rotatable bonds is 2. The zero-order valence-electron chi connectivity index (χ0n) is 30.4. The molecule has 13 rings (SSSR count). The standard InChI is InChI=1S/C55H32O/c1-2-12-34-27-38(24-23-33(34)11-1)40-18-9-15-37-29-46-44-26-25-39(41-19-10-22-52-54(41)47-28-35-13-3-4-14-36(35)31-53(47)56-52)30-50(44)55(51(46)32-45(37)40)48-20-7-5-16-42(48)43-17-6-8-21-49(43)55/h1-32H. The Labute approximate surface area is 323 Å². The van der Waals surface area contributed by atoms with Crippen molar-refractivity contribution in [3.05, 3.63) is 216 Å². The average Bonchev–Trinajstić information content (AvgIpc) is 3.87. The summed E-state index contributed by atoms with van der Waals surface area (Å²) in [6.07, 6.45) is 0. The minimum absolute atomic E-state index is 0.485. The van der Waals surface area contributed by atoms with Crippen LogP contribution < -0.4 is 0 Å². The molecule has 2 aliphatic rings. The topological polar surface area (TPSA) is 13.1 Å². The first kappa shape index (κ1) is 30.1. The van der Waals surface area contributed by atoms with Gasteiger partial charge in [-0.1, -0.05) is 152 Å². The molecule has 0 saturated carbocycles. The highest BCUT2D eigenvalue weighted by molar-refractivity contribution is 6.16. The Morgan fingerprint density at radius 1 is 0.286 bits per heavy atom. The van der Waals surface area contributed by atoms with Gasteiger partial charge < -0.3 is 4.42 Å². The molecular formula is C55H32O. The Hall–Kier alpha value is -7.22. The number of furan rings is 1. The molecule has 0 unspecified atom stereocenters. The maximum Gasteiger partial charge on any atom is 0.136 e. The van der Waals surface area contributed by atoms with Crippen LogP contribution in [0.3, 0.4) is 0 Å². The molecule has 56 heavy (non-hydrogen) atoms. The van der Waals surface area contributed by atoms with Gasteiger partial charge in [-0.25, -0.2) is 0 Å². The molecular weight excluding hydrogens is 677 g/mol. The molecule has 1 heterocycles. The highest BCUT2D eigenvalue weighted by Crippen LogP contribution is 2.64. The first-order chi connectivity index (χ1) is 27.7. The van der Waals surface area contributed by atoms with E-state index < -0.39 is 5.41 Å². The fraction of sp³-hybridized carbons (Fsp3) is 0.0182. The average molecular weight is 709 g/mol. The molecule has 0 radical (unpaired) electrons. The van der Waals surface area contributed by atoms with Gasteiger partial charge in [0.25, 0.3) is 0 Å². The summed E-state index contributed by atoms with van der Waals surface area (Å²) in [5.41, 5.74) is 16.8. The quantitative estimate of drug-likeness (QED) is 0.174. The van der Waals surface area contributed by atoms with Gasteiger partial charge in [0.1, 0.15) is 11.2 Å². The highest BCUT2D eigenvalue weighted by Gasteiger charge is 2.51. The maximum absolute atomic E-state index is 6.57. The Kier molecular flexibility index (Phi) is 5.89. The molecule has 1 aromatic heterocycles.